The highest BCUT2D eigenvalue weighted by atomic mass is 16.2. The molecule has 3 aromatic rings. The number of carbonyl (C=O) groups is 1. The van der Waals surface area contributed by atoms with E-state index in [9.17, 15) is 9.59 Å². The maximum atomic E-state index is 12.8. The van der Waals surface area contributed by atoms with Gasteiger partial charge in [0, 0.05) is 25.0 Å². The quantitative estimate of drug-likeness (QED) is 0.663. The minimum absolute atomic E-state index is 0.219. The predicted octanol–water partition coefficient (Wildman–Crippen LogP) is 2.71. The molecule has 0 fully saturated rings. The van der Waals surface area contributed by atoms with Gasteiger partial charge < -0.3 is 9.88 Å². The molecule has 2 N–H and O–H groups in total. The number of pyridine rings is 1. The zero-order valence-electron chi connectivity index (χ0n) is 16.6. The molecule has 2 aromatic heterocycles. The highest BCUT2D eigenvalue weighted by Crippen LogP contribution is 2.10. The number of aromatic amines is 1. The van der Waals surface area contributed by atoms with E-state index in [4.69, 9.17) is 0 Å². The number of nitrogens with zero attached hydrogens (tertiary/aromatic N) is 2. The highest BCUT2D eigenvalue weighted by Gasteiger charge is 2.16. The van der Waals surface area contributed by atoms with E-state index in [-0.39, 0.29) is 17.0 Å². The van der Waals surface area contributed by atoms with Crippen molar-refractivity contribution in [3.8, 4) is 0 Å². The topological polar surface area (TPSA) is 79.8 Å². The van der Waals surface area contributed by atoms with E-state index in [0.29, 0.717) is 25.1 Å². The van der Waals surface area contributed by atoms with Crippen LogP contribution in [0.1, 0.15) is 38.4 Å². The molecule has 0 aliphatic carbocycles. The van der Waals surface area contributed by atoms with E-state index in [0.717, 1.165) is 28.9 Å². The number of amides is 1. The molecule has 3 rings (SSSR count). The van der Waals surface area contributed by atoms with Crippen LogP contribution < -0.4 is 10.9 Å². The standard InChI is InChI=1S/C22H26N4O2/c1-15-10-13-26(14-11-18-7-5-4-6-8-18)22(28)20(15)21(27)23-12-9-19-16(2)24-25-17(19)3/h4-8,10,13H,9,11-12,14H2,1-3H3,(H,23,27)(H,24,25). The smallest absolute Gasteiger partial charge is 0.263 e. The zero-order valence-corrected chi connectivity index (χ0v) is 16.6. The Kier molecular flexibility index (Phi) is 6.09. The van der Waals surface area contributed by atoms with Gasteiger partial charge in [-0.25, -0.2) is 0 Å². The molecule has 0 unspecified atom stereocenters. The van der Waals surface area contributed by atoms with Crippen molar-refractivity contribution in [1.29, 1.82) is 0 Å². The fraction of sp³-hybridized carbons (Fsp3) is 0.318. The van der Waals surface area contributed by atoms with Gasteiger partial charge in [-0.15, -0.1) is 0 Å². The molecule has 0 saturated carbocycles. The molecule has 0 saturated heterocycles. The normalized spacial score (nSPS) is 10.8. The van der Waals surface area contributed by atoms with Crippen LogP contribution in [0.2, 0.25) is 0 Å². The van der Waals surface area contributed by atoms with Crippen LogP contribution in [-0.4, -0.2) is 27.2 Å². The number of H-pyrrole nitrogens is 1. The molecular weight excluding hydrogens is 352 g/mol. The Hall–Kier alpha value is -3.15. The maximum Gasteiger partial charge on any atom is 0.263 e. The van der Waals surface area contributed by atoms with Gasteiger partial charge in [-0.05, 0) is 56.4 Å². The van der Waals surface area contributed by atoms with Crippen LogP contribution in [0.3, 0.4) is 0 Å². The Morgan fingerprint density at radius 2 is 1.86 bits per heavy atom. The van der Waals surface area contributed by atoms with Crippen molar-refractivity contribution in [3.63, 3.8) is 0 Å². The van der Waals surface area contributed by atoms with Crippen LogP contribution in [0, 0.1) is 20.8 Å². The van der Waals surface area contributed by atoms with Crippen LogP contribution in [0.25, 0.3) is 0 Å². The summed E-state index contributed by atoms with van der Waals surface area (Å²) in [6.07, 6.45) is 3.17. The van der Waals surface area contributed by atoms with E-state index >= 15 is 0 Å². The molecule has 0 radical (unpaired) electrons. The van der Waals surface area contributed by atoms with E-state index in [2.05, 4.69) is 15.5 Å². The molecule has 6 nitrogen and oxygen atoms in total. The number of hydrogen-bond donors (Lipinski definition) is 2. The summed E-state index contributed by atoms with van der Waals surface area (Å²) < 4.78 is 1.61. The molecule has 6 heteroatoms. The summed E-state index contributed by atoms with van der Waals surface area (Å²) in [4.78, 5) is 25.5. The van der Waals surface area contributed by atoms with Gasteiger partial charge in [0.05, 0.1) is 5.69 Å². The molecule has 146 valence electrons. The second-order valence-electron chi connectivity index (χ2n) is 7.03. The van der Waals surface area contributed by atoms with Gasteiger partial charge in [0.2, 0.25) is 0 Å². The lowest BCUT2D eigenvalue weighted by molar-refractivity contribution is 0.0951. The van der Waals surface area contributed by atoms with Gasteiger partial charge in [-0.1, -0.05) is 30.3 Å². The van der Waals surface area contributed by atoms with Gasteiger partial charge in [0.25, 0.3) is 11.5 Å². The predicted molar refractivity (Wildman–Crippen MR) is 110 cm³/mol. The van der Waals surface area contributed by atoms with Gasteiger partial charge in [0.15, 0.2) is 0 Å². The molecule has 0 aliphatic heterocycles. The molecule has 2 heterocycles. The number of rotatable bonds is 7. The maximum absolute atomic E-state index is 12.8. The van der Waals surface area contributed by atoms with Crippen LogP contribution in [0.4, 0.5) is 0 Å². The first-order valence-electron chi connectivity index (χ1n) is 9.50. The molecular formula is C22H26N4O2. The highest BCUT2D eigenvalue weighted by molar-refractivity contribution is 5.95. The number of aryl methyl sites for hydroxylation is 5. The van der Waals surface area contributed by atoms with Crippen molar-refractivity contribution in [2.75, 3.05) is 6.54 Å². The fourth-order valence-corrected chi connectivity index (χ4v) is 3.34. The first-order chi connectivity index (χ1) is 13.5. The Labute approximate surface area is 164 Å². The van der Waals surface area contributed by atoms with Gasteiger partial charge in [-0.2, -0.15) is 5.10 Å². The van der Waals surface area contributed by atoms with Gasteiger partial charge >= 0.3 is 0 Å². The third-order valence-corrected chi connectivity index (χ3v) is 5.03. The third-order valence-electron chi connectivity index (χ3n) is 5.03. The summed E-state index contributed by atoms with van der Waals surface area (Å²) in [5.74, 6) is -0.324. The number of carbonyl (C=O) groups excluding carboxylic acids is 1. The van der Waals surface area contributed by atoms with E-state index in [1.807, 2.05) is 50.2 Å². The third kappa shape index (κ3) is 4.39. The van der Waals surface area contributed by atoms with Crippen molar-refractivity contribution in [3.05, 3.63) is 86.6 Å². The van der Waals surface area contributed by atoms with Crippen LogP contribution in [0.5, 0.6) is 0 Å². The average molecular weight is 378 g/mol. The SMILES string of the molecule is Cc1ccn(CCc2ccccc2)c(=O)c1C(=O)NCCc1c(C)n[nH]c1C. The summed E-state index contributed by atoms with van der Waals surface area (Å²) in [5, 5.41) is 9.99. The Morgan fingerprint density at radius 3 is 2.54 bits per heavy atom. The van der Waals surface area contributed by atoms with Crippen molar-refractivity contribution in [2.45, 2.75) is 40.2 Å². The Bertz CT molecular complexity index is 999. The Morgan fingerprint density at radius 1 is 1.11 bits per heavy atom. The molecule has 0 atom stereocenters. The van der Waals surface area contributed by atoms with Crippen molar-refractivity contribution >= 4 is 5.91 Å². The molecule has 1 aromatic carbocycles. The van der Waals surface area contributed by atoms with E-state index in [1.54, 1.807) is 17.7 Å². The monoisotopic (exact) mass is 378 g/mol. The summed E-state index contributed by atoms with van der Waals surface area (Å²) in [6, 6.07) is 11.8. The number of hydrogen-bond acceptors (Lipinski definition) is 3. The molecule has 28 heavy (non-hydrogen) atoms. The second kappa shape index (κ2) is 8.69. The number of benzene rings is 1. The number of nitrogens with one attached hydrogen (secondary N) is 2. The first-order valence-corrected chi connectivity index (χ1v) is 9.50. The van der Waals surface area contributed by atoms with Crippen LogP contribution in [-0.2, 0) is 19.4 Å². The largest absolute Gasteiger partial charge is 0.352 e. The van der Waals surface area contributed by atoms with Crippen molar-refractivity contribution in [2.24, 2.45) is 0 Å². The molecule has 1 amide bonds. The lowest BCUT2D eigenvalue weighted by Crippen LogP contribution is -2.35. The lowest BCUT2D eigenvalue weighted by atomic mass is 10.1. The molecule has 0 aliphatic rings. The second-order valence-corrected chi connectivity index (χ2v) is 7.03. The summed E-state index contributed by atoms with van der Waals surface area (Å²) in [5.41, 5.74) is 4.86. The van der Waals surface area contributed by atoms with E-state index < -0.39 is 0 Å². The molecule has 0 bridgehead atoms. The van der Waals surface area contributed by atoms with Crippen molar-refractivity contribution < 1.29 is 4.79 Å². The van der Waals surface area contributed by atoms with E-state index in [1.165, 1.54) is 0 Å². The van der Waals surface area contributed by atoms with Gasteiger partial charge in [0.1, 0.15) is 5.56 Å². The Balaban J connectivity index is 1.68. The fourth-order valence-electron chi connectivity index (χ4n) is 3.34. The minimum Gasteiger partial charge on any atom is -0.352 e. The summed E-state index contributed by atoms with van der Waals surface area (Å²) in [7, 11) is 0. The lowest BCUT2D eigenvalue weighted by Gasteiger charge is -2.11. The number of aromatic nitrogens is 3. The average Bonchev–Trinajstić information content (AvgIpc) is 3.00. The van der Waals surface area contributed by atoms with Crippen LogP contribution >= 0.6 is 0 Å². The minimum atomic E-state index is -0.324. The summed E-state index contributed by atoms with van der Waals surface area (Å²) >= 11 is 0. The summed E-state index contributed by atoms with van der Waals surface area (Å²) in [6.45, 7) is 6.69. The van der Waals surface area contributed by atoms with Crippen LogP contribution in [0.15, 0.2) is 47.4 Å². The first kappa shape index (κ1) is 19.6. The van der Waals surface area contributed by atoms with Crippen molar-refractivity contribution in [1.82, 2.24) is 20.1 Å². The van der Waals surface area contributed by atoms with Gasteiger partial charge in [-0.3, -0.25) is 14.7 Å². The zero-order chi connectivity index (χ0) is 20.1. The molecule has 0 spiro atoms.